The number of hydrogen-bond donors (Lipinski definition) is 0. The van der Waals surface area contributed by atoms with E-state index in [-0.39, 0.29) is 11.9 Å². The van der Waals surface area contributed by atoms with Crippen molar-refractivity contribution in [2.24, 2.45) is 0 Å². The number of carbonyl (C=O) groups is 1. The maximum Gasteiger partial charge on any atom is 0.273 e. The minimum absolute atomic E-state index is 0.00716. The van der Waals surface area contributed by atoms with Crippen LogP contribution in [0.3, 0.4) is 0 Å². The SMILES string of the molecule is Cc1cccc(C(=O)N2CCSC[C@@H]2c2ccc(C)o2)n1. The Morgan fingerprint density at radius 2 is 2.19 bits per heavy atom. The number of amides is 1. The van der Waals surface area contributed by atoms with Gasteiger partial charge in [0.2, 0.25) is 0 Å². The van der Waals surface area contributed by atoms with Crippen molar-refractivity contribution in [1.82, 2.24) is 9.88 Å². The Labute approximate surface area is 128 Å². The Balaban J connectivity index is 1.89. The van der Waals surface area contributed by atoms with E-state index in [0.29, 0.717) is 5.69 Å². The molecular formula is C16H18N2O2S. The topological polar surface area (TPSA) is 46.3 Å². The van der Waals surface area contributed by atoms with Gasteiger partial charge in [-0.05, 0) is 38.1 Å². The molecule has 1 fully saturated rings. The summed E-state index contributed by atoms with van der Waals surface area (Å²) in [6.07, 6.45) is 0. The number of pyridine rings is 1. The molecule has 2 aromatic heterocycles. The standard InChI is InChI=1S/C16H18N2O2S/c1-11-4-3-5-13(17-11)16(19)18-8-9-21-10-14(18)15-7-6-12(2)20-15/h3-7,14H,8-10H2,1-2H3/t14-/m1/s1. The highest BCUT2D eigenvalue weighted by Crippen LogP contribution is 2.31. The van der Waals surface area contributed by atoms with Crippen molar-refractivity contribution < 1.29 is 9.21 Å². The second-order valence-electron chi connectivity index (χ2n) is 5.20. The van der Waals surface area contributed by atoms with E-state index in [4.69, 9.17) is 4.42 Å². The van der Waals surface area contributed by atoms with Crippen molar-refractivity contribution in [1.29, 1.82) is 0 Å². The van der Waals surface area contributed by atoms with Gasteiger partial charge in [-0.25, -0.2) is 4.98 Å². The molecule has 1 saturated heterocycles. The van der Waals surface area contributed by atoms with Gasteiger partial charge in [-0.3, -0.25) is 4.79 Å². The first-order valence-electron chi connectivity index (χ1n) is 7.04. The van der Waals surface area contributed by atoms with Crippen LogP contribution in [0.2, 0.25) is 0 Å². The normalized spacial score (nSPS) is 18.8. The summed E-state index contributed by atoms with van der Waals surface area (Å²) in [5.74, 6) is 3.54. The molecule has 0 bridgehead atoms. The Morgan fingerprint density at radius 3 is 2.90 bits per heavy atom. The fourth-order valence-electron chi connectivity index (χ4n) is 2.52. The fraction of sp³-hybridized carbons (Fsp3) is 0.375. The van der Waals surface area contributed by atoms with Crippen molar-refractivity contribution in [2.45, 2.75) is 19.9 Å². The molecule has 21 heavy (non-hydrogen) atoms. The summed E-state index contributed by atoms with van der Waals surface area (Å²) in [5, 5.41) is 0. The largest absolute Gasteiger partial charge is 0.464 e. The van der Waals surface area contributed by atoms with Gasteiger partial charge in [0.25, 0.3) is 5.91 Å². The smallest absolute Gasteiger partial charge is 0.273 e. The van der Waals surface area contributed by atoms with Crippen molar-refractivity contribution in [3.8, 4) is 0 Å². The fourth-order valence-corrected chi connectivity index (χ4v) is 3.58. The number of carbonyl (C=O) groups excluding carboxylic acids is 1. The van der Waals surface area contributed by atoms with Gasteiger partial charge >= 0.3 is 0 Å². The van der Waals surface area contributed by atoms with Crippen molar-refractivity contribution in [2.75, 3.05) is 18.1 Å². The van der Waals surface area contributed by atoms with Gasteiger partial charge in [0.05, 0.1) is 6.04 Å². The predicted molar refractivity (Wildman–Crippen MR) is 83.5 cm³/mol. The van der Waals surface area contributed by atoms with Crippen LogP contribution in [-0.4, -0.2) is 33.8 Å². The highest BCUT2D eigenvalue weighted by Gasteiger charge is 2.31. The summed E-state index contributed by atoms with van der Waals surface area (Å²) in [7, 11) is 0. The summed E-state index contributed by atoms with van der Waals surface area (Å²) in [6.45, 7) is 4.55. The van der Waals surface area contributed by atoms with Crippen LogP contribution < -0.4 is 0 Å². The summed E-state index contributed by atoms with van der Waals surface area (Å²) < 4.78 is 5.74. The van der Waals surface area contributed by atoms with E-state index in [0.717, 1.165) is 35.3 Å². The molecule has 1 amide bonds. The first-order valence-corrected chi connectivity index (χ1v) is 8.19. The molecule has 0 aliphatic carbocycles. The second-order valence-corrected chi connectivity index (χ2v) is 6.35. The lowest BCUT2D eigenvalue weighted by molar-refractivity contribution is 0.0675. The molecule has 2 aromatic rings. The van der Waals surface area contributed by atoms with E-state index in [1.54, 1.807) is 6.07 Å². The number of furan rings is 1. The molecule has 1 aliphatic heterocycles. The van der Waals surface area contributed by atoms with Crippen LogP contribution in [0.4, 0.5) is 0 Å². The van der Waals surface area contributed by atoms with Crippen molar-refractivity contribution >= 4 is 17.7 Å². The third-order valence-electron chi connectivity index (χ3n) is 3.59. The molecule has 0 unspecified atom stereocenters. The molecule has 0 saturated carbocycles. The van der Waals surface area contributed by atoms with Gasteiger partial charge in [0.1, 0.15) is 17.2 Å². The van der Waals surface area contributed by atoms with Crippen LogP contribution in [0.25, 0.3) is 0 Å². The number of nitrogens with zero attached hydrogens (tertiary/aromatic N) is 2. The predicted octanol–water partition coefficient (Wildman–Crippen LogP) is 3.22. The Morgan fingerprint density at radius 1 is 1.33 bits per heavy atom. The molecule has 5 heteroatoms. The number of aryl methyl sites for hydroxylation is 2. The lowest BCUT2D eigenvalue weighted by Gasteiger charge is -2.34. The van der Waals surface area contributed by atoms with E-state index in [2.05, 4.69) is 4.98 Å². The average Bonchev–Trinajstić information content (AvgIpc) is 2.93. The summed E-state index contributed by atoms with van der Waals surface area (Å²) >= 11 is 1.85. The maximum atomic E-state index is 12.8. The molecule has 0 aromatic carbocycles. The van der Waals surface area contributed by atoms with E-state index in [9.17, 15) is 4.79 Å². The maximum absolute atomic E-state index is 12.8. The molecule has 0 spiro atoms. The molecule has 0 radical (unpaired) electrons. The zero-order valence-corrected chi connectivity index (χ0v) is 13.0. The van der Waals surface area contributed by atoms with E-state index < -0.39 is 0 Å². The van der Waals surface area contributed by atoms with Crippen LogP contribution in [0.5, 0.6) is 0 Å². The molecule has 0 N–H and O–H groups in total. The van der Waals surface area contributed by atoms with Gasteiger partial charge in [-0.15, -0.1) is 0 Å². The second kappa shape index (κ2) is 5.93. The summed E-state index contributed by atoms with van der Waals surface area (Å²) in [6, 6.07) is 9.46. The number of thioether (sulfide) groups is 1. The highest BCUT2D eigenvalue weighted by molar-refractivity contribution is 7.99. The third-order valence-corrected chi connectivity index (χ3v) is 4.61. The third kappa shape index (κ3) is 2.97. The molecule has 1 atom stereocenters. The van der Waals surface area contributed by atoms with E-state index in [1.165, 1.54) is 0 Å². The quantitative estimate of drug-likeness (QED) is 0.854. The molecule has 110 valence electrons. The van der Waals surface area contributed by atoms with Gasteiger partial charge in [-0.1, -0.05) is 6.07 Å². The average molecular weight is 302 g/mol. The molecule has 1 aliphatic rings. The number of aromatic nitrogens is 1. The molecule has 3 heterocycles. The summed E-state index contributed by atoms with van der Waals surface area (Å²) in [5.41, 5.74) is 1.37. The van der Waals surface area contributed by atoms with Crippen LogP contribution in [0, 0.1) is 13.8 Å². The highest BCUT2D eigenvalue weighted by atomic mass is 32.2. The lowest BCUT2D eigenvalue weighted by Crippen LogP contribution is -2.41. The van der Waals surface area contributed by atoms with Crippen LogP contribution in [-0.2, 0) is 0 Å². The molecule has 4 nitrogen and oxygen atoms in total. The molecule has 3 rings (SSSR count). The van der Waals surface area contributed by atoms with Crippen LogP contribution in [0.15, 0.2) is 34.7 Å². The first kappa shape index (κ1) is 14.2. The Hall–Kier alpha value is -1.75. The summed E-state index contributed by atoms with van der Waals surface area (Å²) in [4.78, 5) is 19.0. The van der Waals surface area contributed by atoms with Gasteiger partial charge < -0.3 is 9.32 Å². The molecular weight excluding hydrogens is 284 g/mol. The van der Waals surface area contributed by atoms with Gasteiger partial charge in [-0.2, -0.15) is 11.8 Å². The zero-order chi connectivity index (χ0) is 14.8. The Bertz CT molecular complexity index is 653. The zero-order valence-electron chi connectivity index (χ0n) is 12.2. The van der Waals surface area contributed by atoms with Gasteiger partial charge in [0, 0.05) is 23.7 Å². The monoisotopic (exact) mass is 302 g/mol. The van der Waals surface area contributed by atoms with Crippen molar-refractivity contribution in [3.05, 3.63) is 53.2 Å². The lowest BCUT2D eigenvalue weighted by atomic mass is 10.2. The van der Waals surface area contributed by atoms with Crippen LogP contribution >= 0.6 is 11.8 Å². The first-order chi connectivity index (χ1) is 10.1. The number of rotatable bonds is 2. The Kier molecular flexibility index (Phi) is 4.01. The number of hydrogen-bond acceptors (Lipinski definition) is 4. The van der Waals surface area contributed by atoms with E-state index >= 15 is 0 Å². The van der Waals surface area contributed by atoms with Crippen LogP contribution in [0.1, 0.15) is 33.7 Å². The van der Waals surface area contributed by atoms with Gasteiger partial charge in [0.15, 0.2) is 0 Å². The minimum atomic E-state index is -0.0157. The van der Waals surface area contributed by atoms with Crippen molar-refractivity contribution in [3.63, 3.8) is 0 Å². The van der Waals surface area contributed by atoms with E-state index in [1.807, 2.05) is 54.8 Å². The minimum Gasteiger partial charge on any atom is -0.464 e.